The van der Waals surface area contributed by atoms with Gasteiger partial charge in [-0.1, -0.05) is 45.2 Å². The fraction of sp³-hybridized carbons (Fsp3) is 0.500. The monoisotopic (exact) mass is 354 g/mol. The second-order valence-corrected chi connectivity index (χ2v) is 6.88. The second kappa shape index (κ2) is 9.46. The standard InChI is InChI=1S/C22H30N2O2/c1-3-5-6-7-15-25-20-12-10-18(11-13-20)16-24-14-8-9-21(24)22-23-19(4-2)17-26-22/h8-14,19H,3-7,15-17H2,1-2H3. The van der Waals surface area contributed by atoms with E-state index in [1.165, 1.54) is 24.8 Å². The molecule has 1 atom stereocenters. The number of benzene rings is 1. The molecule has 1 aromatic heterocycles. The third kappa shape index (κ3) is 4.90. The molecule has 1 aromatic carbocycles. The molecule has 4 nitrogen and oxygen atoms in total. The normalized spacial score (nSPS) is 16.4. The molecule has 1 unspecified atom stereocenters. The summed E-state index contributed by atoms with van der Waals surface area (Å²) in [5.41, 5.74) is 2.30. The molecule has 0 N–H and O–H groups in total. The number of hydrogen-bond donors (Lipinski definition) is 0. The van der Waals surface area contributed by atoms with Gasteiger partial charge in [-0.15, -0.1) is 0 Å². The lowest BCUT2D eigenvalue weighted by molar-refractivity contribution is 0.305. The molecule has 2 aromatic rings. The molecule has 0 saturated heterocycles. The van der Waals surface area contributed by atoms with Crippen LogP contribution in [0.4, 0.5) is 0 Å². The van der Waals surface area contributed by atoms with Gasteiger partial charge in [0.2, 0.25) is 5.90 Å². The van der Waals surface area contributed by atoms with Gasteiger partial charge in [-0.05, 0) is 42.7 Å². The molecular weight excluding hydrogens is 324 g/mol. The van der Waals surface area contributed by atoms with E-state index in [0.29, 0.717) is 12.6 Å². The summed E-state index contributed by atoms with van der Waals surface area (Å²) in [6.07, 6.45) is 8.02. The second-order valence-electron chi connectivity index (χ2n) is 6.88. The third-order valence-corrected chi connectivity index (χ3v) is 4.78. The van der Waals surface area contributed by atoms with Gasteiger partial charge in [-0.25, -0.2) is 4.99 Å². The lowest BCUT2D eigenvalue weighted by atomic mass is 10.2. The summed E-state index contributed by atoms with van der Waals surface area (Å²) in [5.74, 6) is 1.72. The SMILES string of the molecule is CCCCCCOc1ccc(Cn2cccc2C2=NC(CC)CO2)cc1. The first-order valence-corrected chi connectivity index (χ1v) is 9.88. The molecule has 26 heavy (non-hydrogen) atoms. The largest absolute Gasteiger partial charge is 0.494 e. The molecule has 0 bridgehead atoms. The molecular formula is C22H30N2O2. The van der Waals surface area contributed by atoms with E-state index in [-0.39, 0.29) is 0 Å². The van der Waals surface area contributed by atoms with Crippen molar-refractivity contribution in [3.8, 4) is 5.75 Å². The van der Waals surface area contributed by atoms with Gasteiger partial charge in [0.15, 0.2) is 0 Å². The third-order valence-electron chi connectivity index (χ3n) is 4.78. The average molecular weight is 354 g/mol. The van der Waals surface area contributed by atoms with Crippen LogP contribution in [0.1, 0.15) is 57.2 Å². The Morgan fingerprint density at radius 3 is 2.69 bits per heavy atom. The summed E-state index contributed by atoms with van der Waals surface area (Å²) in [7, 11) is 0. The number of aliphatic imine (C=N–C) groups is 1. The van der Waals surface area contributed by atoms with Crippen LogP contribution in [0.15, 0.2) is 47.6 Å². The first-order chi connectivity index (χ1) is 12.8. The van der Waals surface area contributed by atoms with Gasteiger partial charge < -0.3 is 14.0 Å². The Kier molecular flexibility index (Phi) is 6.75. The molecule has 0 saturated carbocycles. The summed E-state index contributed by atoms with van der Waals surface area (Å²) >= 11 is 0. The van der Waals surface area contributed by atoms with Gasteiger partial charge >= 0.3 is 0 Å². The van der Waals surface area contributed by atoms with Gasteiger partial charge in [-0.2, -0.15) is 0 Å². The molecule has 2 heterocycles. The Balaban J connectivity index is 1.56. The zero-order valence-corrected chi connectivity index (χ0v) is 16.0. The minimum Gasteiger partial charge on any atom is -0.494 e. The average Bonchev–Trinajstić information content (AvgIpc) is 3.31. The van der Waals surface area contributed by atoms with E-state index in [4.69, 9.17) is 9.47 Å². The van der Waals surface area contributed by atoms with Gasteiger partial charge in [0.05, 0.1) is 12.6 Å². The van der Waals surface area contributed by atoms with E-state index in [1.807, 2.05) is 6.07 Å². The number of nitrogens with zero attached hydrogens (tertiary/aromatic N) is 2. The van der Waals surface area contributed by atoms with Crippen molar-refractivity contribution in [2.75, 3.05) is 13.2 Å². The maximum atomic E-state index is 5.83. The van der Waals surface area contributed by atoms with Crippen molar-refractivity contribution in [1.82, 2.24) is 4.57 Å². The molecule has 4 heteroatoms. The zero-order valence-electron chi connectivity index (χ0n) is 16.0. The smallest absolute Gasteiger partial charge is 0.233 e. The molecule has 1 aliphatic heterocycles. The Morgan fingerprint density at radius 2 is 1.96 bits per heavy atom. The van der Waals surface area contributed by atoms with E-state index in [0.717, 1.165) is 43.3 Å². The fourth-order valence-electron chi connectivity index (χ4n) is 3.12. The lowest BCUT2D eigenvalue weighted by Gasteiger charge is -2.10. The van der Waals surface area contributed by atoms with Gasteiger partial charge in [0.1, 0.15) is 18.1 Å². The number of rotatable bonds is 10. The summed E-state index contributed by atoms with van der Waals surface area (Å²) in [6, 6.07) is 12.8. The van der Waals surface area contributed by atoms with Crippen LogP contribution in [0.2, 0.25) is 0 Å². The highest BCUT2D eigenvalue weighted by atomic mass is 16.5. The Morgan fingerprint density at radius 1 is 1.12 bits per heavy atom. The molecule has 0 aliphatic carbocycles. The number of unbranched alkanes of at least 4 members (excludes halogenated alkanes) is 3. The molecule has 0 spiro atoms. The van der Waals surface area contributed by atoms with E-state index in [1.54, 1.807) is 0 Å². The molecule has 3 rings (SSSR count). The fourth-order valence-corrected chi connectivity index (χ4v) is 3.12. The van der Waals surface area contributed by atoms with Crippen LogP contribution in [0, 0.1) is 0 Å². The Bertz CT molecular complexity index is 703. The summed E-state index contributed by atoms with van der Waals surface area (Å²) < 4.78 is 13.8. The molecule has 0 fully saturated rings. The number of ether oxygens (including phenoxy) is 2. The molecule has 1 aliphatic rings. The highest BCUT2D eigenvalue weighted by Gasteiger charge is 2.20. The minimum absolute atomic E-state index is 0.294. The minimum atomic E-state index is 0.294. The highest BCUT2D eigenvalue weighted by Crippen LogP contribution is 2.18. The van der Waals surface area contributed by atoms with Crippen LogP contribution >= 0.6 is 0 Å². The van der Waals surface area contributed by atoms with Gasteiger partial charge in [0.25, 0.3) is 0 Å². The van der Waals surface area contributed by atoms with E-state index < -0.39 is 0 Å². The van der Waals surface area contributed by atoms with Crippen molar-refractivity contribution in [2.45, 2.75) is 58.5 Å². The van der Waals surface area contributed by atoms with Crippen molar-refractivity contribution < 1.29 is 9.47 Å². The zero-order chi connectivity index (χ0) is 18.2. The first-order valence-electron chi connectivity index (χ1n) is 9.88. The lowest BCUT2D eigenvalue weighted by Crippen LogP contribution is -2.10. The van der Waals surface area contributed by atoms with Crippen LogP contribution in [0.3, 0.4) is 0 Å². The summed E-state index contributed by atoms with van der Waals surface area (Å²) in [6.45, 7) is 6.67. The van der Waals surface area contributed by atoms with Gasteiger partial charge in [-0.3, -0.25) is 0 Å². The summed E-state index contributed by atoms with van der Waals surface area (Å²) in [4.78, 5) is 4.67. The van der Waals surface area contributed by atoms with E-state index in [2.05, 4.69) is 59.9 Å². The molecule has 0 amide bonds. The van der Waals surface area contributed by atoms with Crippen LogP contribution in [-0.4, -0.2) is 29.7 Å². The predicted molar refractivity (Wildman–Crippen MR) is 106 cm³/mol. The van der Waals surface area contributed by atoms with Crippen molar-refractivity contribution >= 4 is 5.90 Å². The van der Waals surface area contributed by atoms with Crippen molar-refractivity contribution in [3.63, 3.8) is 0 Å². The van der Waals surface area contributed by atoms with Gasteiger partial charge in [0, 0.05) is 12.7 Å². The maximum Gasteiger partial charge on any atom is 0.233 e. The van der Waals surface area contributed by atoms with Crippen LogP contribution in [0.25, 0.3) is 0 Å². The Hall–Kier alpha value is -2.23. The van der Waals surface area contributed by atoms with Crippen LogP contribution in [0.5, 0.6) is 5.75 Å². The quantitative estimate of drug-likeness (QED) is 0.560. The van der Waals surface area contributed by atoms with E-state index >= 15 is 0 Å². The maximum absolute atomic E-state index is 5.83. The number of hydrogen-bond acceptors (Lipinski definition) is 3. The van der Waals surface area contributed by atoms with Crippen LogP contribution in [-0.2, 0) is 11.3 Å². The predicted octanol–water partition coefficient (Wildman–Crippen LogP) is 5.05. The summed E-state index contributed by atoms with van der Waals surface area (Å²) in [5, 5.41) is 0. The highest BCUT2D eigenvalue weighted by molar-refractivity contribution is 5.93. The molecule has 140 valence electrons. The molecule has 0 radical (unpaired) electrons. The van der Waals surface area contributed by atoms with Crippen LogP contribution < -0.4 is 4.74 Å². The van der Waals surface area contributed by atoms with Crippen molar-refractivity contribution in [2.24, 2.45) is 4.99 Å². The van der Waals surface area contributed by atoms with Crippen molar-refractivity contribution in [1.29, 1.82) is 0 Å². The Labute approximate surface area is 156 Å². The van der Waals surface area contributed by atoms with Crippen molar-refractivity contribution in [3.05, 3.63) is 53.9 Å². The van der Waals surface area contributed by atoms with E-state index in [9.17, 15) is 0 Å². The topological polar surface area (TPSA) is 35.8 Å². The first kappa shape index (κ1) is 18.6. The number of aromatic nitrogens is 1.